The number of carbonyl (C=O) groups is 1. The van der Waals surface area contributed by atoms with Gasteiger partial charge in [-0.15, -0.1) is 0 Å². The van der Waals surface area contributed by atoms with Gasteiger partial charge < -0.3 is 15.7 Å². The predicted molar refractivity (Wildman–Crippen MR) is 82.6 cm³/mol. The van der Waals surface area contributed by atoms with Crippen molar-refractivity contribution in [3.63, 3.8) is 0 Å². The van der Waals surface area contributed by atoms with Crippen molar-refractivity contribution in [2.75, 3.05) is 13.1 Å². The number of hydrogen-bond donors (Lipinski definition) is 3. The SMILES string of the molecule is C[C@H](O)CC(C)(C)CNC(=O)NCCC1=CCCCC1. The Morgan fingerprint density at radius 1 is 1.40 bits per heavy atom. The largest absolute Gasteiger partial charge is 0.393 e. The molecule has 116 valence electrons. The van der Waals surface area contributed by atoms with E-state index in [4.69, 9.17) is 0 Å². The van der Waals surface area contributed by atoms with Crippen molar-refractivity contribution >= 4 is 6.03 Å². The van der Waals surface area contributed by atoms with E-state index in [-0.39, 0.29) is 17.6 Å². The molecule has 4 heteroatoms. The summed E-state index contributed by atoms with van der Waals surface area (Å²) in [4.78, 5) is 11.7. The number of nitrogens with one attached hydrogen (secondary N) is 2. The number of amides is 2. The Kier molecular flexibility index (Phi) is 7.06. The Hall–Kier alpha value is -1.03. The summed E-state index contributed by atoms with van der Waals surface area (Å²) in [6.07, 6.45) is 8.58. The molecular weight excluding hydrogens is 252 g/mol. The van der Waals surface area contributed by atoms with Crippen molar-refractivity contribution in [3.8, 4) is 0 Å². The molecule has 0 spiro atoms. The molecule has 0 aromatic carbocycles. The van der Waals surface area contributed by atoms with Gasteiger partial charge in [-0.3, -0.25) is 0 Å². The van der Waals surface area contributed by atoms with Gasteiger partial charge in [-0.25, -0.2) is 4.79 Å². The monoisotopic (exact) mass is 282 g/mol. The molecule has 0 aromatic rings. The Balaban J connectivity index is 2.15. The molecular formula is C16H30N2O2. The molecule has 0 saturated carbocycles. The van der Waals surface area contributed by atoms with Gasteiger partial charge in [0.2, 0.25) is 0 Å². The van der Waals surface area contributed by atoms with Gasteiger partial charge in [-0.1, -0.05) is 25.5 Å². The maximum absolute atomic E-state index is 11.7. The summed E-state index contributed by atoms with van der Waals surface area (Å²) in [6, 6.07) is -0.111. The van der Waals surface area contributed by atoms with Gasteiger partial charge in [0, 0.05) is 13.1 Å². The van der Waals surface area contributed by atoms with Gasteiger partial charge in [-0.2, -0.15) is 0 Å². The third kappa shape index (κ3) is 7.53. The Morgan fingerprint density at radius 2 is 2.15 bits per heavy atom. The summed E-state index contributed by atoms with van der Waals surface area (Å²) in [7, 11) is 0. The average molecular weight is 282 g/mol. The summed E-state index contributed by atoms with van der Waals surface area (Å²) in [5.74, 6) is 0. The molecule has 4 nitrogen and oxygen atoms in total. The third-order valence-electron chi connectivity index (χ3n) is 3.69. The van der Waals surface area contributed by atoms with E-state index in [2.05, 4.69) is 16.7 Å². The van der Waals surface area contributed by atoms with Crippen LogP contribution < -0.4 is 10.6 Å². The van der Waals surface area contributed by atoms with Crippen LogP contribution in [0.1, 0.15) is 59.3 Å². The summed E-state index contributed by atoms with van der Waals surface area (Å²) in [6.45, 7) is 7.15. The zero-order valence-electron chi connectivity index (χ0n) is 13.2. The fourth-order valence-electron chi connectivity index (χ4n) is 2.72. The fraction of sp³-hybridized carbons (Fsp3) is 0.812. The number of allylic oxidation sites excluding steroid dienone is 1. The van der Waals surface area contributed by atoms with Crippen LogP contribution in [-0.4, -0.2) is 30.3 Å². The number of aliphatic hydroxyl groups excluding tert-OH is 1. The molecule has 2 amide bonds. The minimum absolute atomic E-state index is 0.0859. The molecule has 0 radical (unpaired) electrons. The first-order valence-electron chi connectivity index (χ1n) is 7.77. The maximum atomic E-state index is 11.7. The molecule has 0 aliphatic heterocycles. The van der Waals surface area contributed by atoms with E-state index in [0.29, 0.717) is 19.5 Å². The lowest BCUT2D eigenvalue weighted by atomic mass is 9.87. The number of aliphatic hydroxyl groups is 1. The van der Waals surface area contributed by atoms with E-state index in [1.807, 2.05) is 13.8 Å². The molecule has 0 unspecified atom stereocenters. The van der Waals surface area contributed by atoms with Crippen molar-refractivity contribution in [1.82, 2.24) is 10.6 Å². The van der Waals surface area contributed by atoms with Gasteiger partial charge in [-0.05, 0) is 50.9 Å². The van der Waals surface area contributed by atoms with Crippen molar-refractivity contribution in [2.45, 2.75) is 65.4 Å². The first kappa shape index (κ1) is 17.0. The summed E-state index contributed by atoms with van der Waals surface area (Å²) in [5.41, 5.74) is 1.39. The maximum Gasteiger partial charge on any atom is 0.314 e. The molecule has 0 saturated heterocycles. The Labute approximate surface area is 123 Å². The minimum Gasteiger partial charge on any atom is -0.393 e. The highest BCUT2D eigenvalue weighted by molar-refractivity contribution is 5.73. The first-order valence-corrected chi connectivity index (χ1v) is 7.77. The van der Waals surface area contributed by atoms with Crippen LogP contribution in [0.3, 0.4) is 0 Å². The van der Waals surface area contributed by atoms with Gasteiger partial charge in [0.15, 0.2) is 0 Å². The second kappa shape index (κ2) is 8.30. The molecule has 0 heterocycles. The summed E-state index contributed by atoms with van der Waals surface area (Å²) < 4.78 is 0. The molecule has 1 aliphatic carbocycles. The zero-order chi connectivity index (χ0) is 15.0. The van der Waals surface area contributed by atoms with Crippen LogP contribution in [0.25, 0.3) is 0 Å². The van der Waals surface area contributed by atoms with Crippen molar-refractivity contribution in [1.29, 1.82) is 0 Å². The van der Waals surface area contributed by atoms with E-state index >= 15 is 0 Å². The Morgan fingerprint density at radius 3 is 2.75 bits per heavy atom. The second-order valence-electron chi connectivity index (χ2n) is 6.68. The number of rotatable bonds is 7. The van der Waals surface area contributed by atoms with Crippen LogP contribution in [0.5, 0.6) is 0 Å². The molecule has 1 rings (SSSR count). The lowest BCUT2D eigenvalue weighted by Crippen LogP contribution is -2.41. The van der Waals surface area contributed by atoms with Crippen molar-refractivity contribution in [3.05, 3.63) is 11.6 Å². The predicted octanol–water partition coefficient (Wildman–Crippen LogP) is 2.97. The van der Waals surface area contributed by atoms with E-state index < -0.39 is 0 Å². The first-order chi connectivity index (χ1) is 9.39. The van der Waals surface area contributed by atoms with Gasteiger partial charge >= 0.3 is 6.03 Å². The van der Waals surface area contributed by atoms with Crippen LogP contribution in [0, 0.1) is 5.41 Å². The van der Waals surface area contributed by atoms with E-state index in [0.717, 1.165) is 6.42 Å². The lowest BCUT2D eigenvalue weighted by molar-refractivity contribution is 0.129. The summed E-state index contributed by atoms with van der Waals surface area (Å²) >= 11 is 0. The lowest BCUT2D eigenvalue weighted by Gasteiger charge is -2.26. The average Bonchev–Trinajstić information content (AvgIpc) is 2.36. The number of urea groups is 1. The second-order valence-corrected chi connectivity index (χ2v) is 6.68. The molecule has 1 aliphatic rings. The zero-order valence-corrected chi connectivity index (χ0v) is 13.2. The third-order valence-corrected chi connectivity index (χ3v) is 3.69. The molecule has 0 bridgehead atoms. The van der Waals surface area contributed by atoms with Gasteiger partial charge in [0.1, 0.15) is 0 Å². The molecule has 20 heavy (non-hydrogen) atoms. The van der Waals surface area contributed by atoms with E-state index in [1.165, 1.54) is 31.3 Å². The highest BCUT2D eigenvalue weighted by Gasteiger charge is 2.20. The molecule has 0 aromatic heterocycles. The number of carbonyl (C=O) groups excluding carboxylic acids is 1. The standard InChI is InChI=1S/C16H30N2O2/c1-13(19)11-16(2,3)12-18-15(20)17-10-9-14-7-5-4-6-8-14/h7,13,19H,4-6,8-12H2,1-3H3,(H2,17,18,20)/t13-/m0/s1. The van der Waals surface area contributed by atoms with Crippen molar-refractivity contribution < 1.29 is 9.90 Å². The van der Waals surface area contributed by atoms with E-state index in [1.54, 1.807) is 6.92 Å². The van der Waals surface area contributed by atoms with Gasteiger partial charge in [0.05, 0.1) is 6.10 Å². The molecule has 1 atom stereocenters. The number of hydrogen-bond acceptors (Lipinski definition) is 2. The minimum atomic E-state index is -0.340. The smallest absolute Gasteiger partial charge is 0.314 e. The Bertz CT molecular complexity index is 335. The van der Waals surface area contributed by atoms with Gasteiger partial charge in [0.25, 0.3) is 0 Å². The highest BCUT2D eigenvalue weighted by Crippen LogP contribution is 2.21. The van der Waals surface area contributed by atoms with Crippen LogP contribution >= 0.6 is 0 Å². The van der Waals surface area contributed by atoms with Crippen LogP contribution in [0.15, 0.2) is 11.6 Å². The van der Waals surface area contributed by atoms with Crippen molar-refractivity contribution in [2.24, 2.45) is 5.41 Å². The fourth-order valence-corrected chi connectivity index (χ4v) is 2.72. The normalized spacial score (nSPS) is 17.3. The van der Waals surface area contributed by atoms with Crippen LogP contribution in [0.2, 0.25) is 0 Å². The molecule has 3 N–H and O–H groups in total. The molecule has 0 fully saturated rings. The van der Waals surface area contributed by atoms with Crippen LogP contribution in [0.4, 0.5) is 4.79 Å². The highest BCUT2D eigenvalue weighted by atomic mass is 16.3. The van der Waals surface area contributed by atoms with Crippen LogP contribution in [-0.2, 0) is 0 Å². The topological polar surface area (TPSA) is 61.4 Å². The summed E-state index contributed by atoms with van der Waals surface area (Å²) in [5, 5.41) is 15.2. The van der Waals surface area contributed by atoms with E-state index in [9.17, 15) is 9.90 Å². The quantitative estimate of drug-likeness (QED) is 0.629.